The van der Waals surface area contributed by atoms with E-state index in [4.69, 9.17) is 21.1 Å². The molecule has 1 aromatic rings. The Morgan fingerprint density at radius 2 is 2.27 bits per heavy atom. The second kappa shape index (κ2) is 4.21. The zero-order valence-corrected chi connectivity index (χ0v) is 9.08. The van der Waals surface area contributed by atoms with E-state index in [-0.39, 0.29) is 11.9 Å². The highest BCUT2D eigenvalue weighted by Crippen LogP contribution is 2.24. The molecule has 1 heterocycles. The summed E-state index contributed by atoms with van der Waals surface area (Å²) in [6.07, 6.45) is 0.115. The Balaban J connectivity index is 2.13. The first-order chi connectivity index (χ1) is 7.16. The van der Waals surface area contributed by atoms with Crippen molar-refractivity contribution in [2.75, 3.05) is 13.2 Å². The van der Waals surface area contributed by atoms with Crippen LogP contribution in [0.25, 0.3) is 0 Å². The summed E-state index contributed by atoms with van der Waals surface area (Å²) in [6, 6.07) is 5.09. The molecule has 0 aliphatic carbocycles. The maximum atomic E-state index is 11.1. The molecule has 1 aliphatic heterocycles. The molecule has 0 spiro atoms. The summed E-state index contributed by atoms with van der Waals surface area (Å²) in [6.45, 7) is 2.72. The van der Waals surface area contributed by atoms with Crippen molar-refractivity contribution in [3.63, 3.8) is 0 Å². The molecule has 0 bridgehead atoms. The summed E-state index contributed by atoms with van der Waals surface area (Å²) in [5, 5.41) is 0.431. The molecule has 1 fully saturated rings. The summed E-state index contributed by atoms with van der Waals surface area (Å²) >= 11 is 5.94. The van der Waals surface area contributed by atoms with Crippen LogP contribution in [0.3, 0.4) is 0 Å². The lowest BCUT2D eigenvalue weighted by molar-refractivity contribution is -0.0796. The number of hydrogen-bond acceptors (Lipinski definition) is 3. The van der Waals surface area contributed by atoms with Crippen LogP contribution in [0.4, 0.5) is 0 Å². The third-order valence-corrected chi connectivity index (χ3v) is 2.54. The molecule has 4 heteroatoms. The van der Waals surface area contributed by atoms with E-state index in [1.807, 2.05) is 0 Å². The van der Waals surface area contributed by atoms with Crippen molar-refractivity contribution in [1.82, 2.24) is 0 Å². The highest BCUT2D eigenvalue weighted by atomic mass is 35.5. The van der Waals surface area contributed by atoms with E-state index in [2.05, 4.69) is 0 Å². The molecule has 0 unspecified atom stereocenters. The van der Waals surface area contributed by atoms with E-state index in [1.54, 1.807) is 18.2 Å². The van der Waals surface area contributed by atoms with Crippen LogP contribution in [0.2, 0.25) is 5.02 Å². The van der Waals surface area contributed by atoms with E-state index < -0.39 is 0 Å². The maximum Gasteiger partial charge on any atom is 0.161 e. The molecule has 0 atom stereocenters. The second-order valence-electron chi connectivity index (χ2n) is 3.48. The molecule has 15 heavy (non-hydrogen) atoms. The van der Waals surface area contributed by atoms with Gasteiger partial charge in [-0.15, -0.1) is 0 Å². The molecule has 1 aliphatic rings. The van der Waals surface area contributed by atoms with Crippen molar-refractivity contribution in [1.29, 1.82) is 0 Å². The zero-order valence-electron chi connectivity index (χ0n) is 8.33. The minimum Gasteiger partial charge on any atom is -0.486 e. The van der Waals surface area contributed by atoms with Crippen LogP contribution < -0.4 is 4.74 Å². The third-order valence-electron chi connectivity index (χ3n) is 2.23. The molecule has 80 valence electrons. The maximum absolute atomic E-state index is 11.1. The molecule has 3 nitrogen and oxygen atoms in total. The van der Waals surface area contributed by atoms with Crippen LogP contribution in [0.15, 0.2) is 18.2 Å². The first-order valence-corrected chi connectivity index (χ1v) is 5.09. The van der Waals surface area contributed by atoms with Gasteiger partial charge in [0.2, 0.25) is 0 Å². The lowest BCUT2D eigenvalue weighted by atomic mass is 10.1. The predicted molar refractivity (Wildman–Crippen MR) is 56.7 cm³/mol. The molecular weight excluding hydrogens is 216 g/mol. The van der Waals surface area contributed by atoms with Gasteiger partial charge in [0, 0.05) is 5.56 Å². The van der Waals surface area contributed by atoms with Crippen molar-refractivity contribution in [2.45, 2.75) is 13.0 Å². The van der Waals surface area contributed by atoms with Crippen LogP contribution >= 0.6 is 11.6 Å². The van der Waals surface area contributed by atoms with E-state index in [1.165, 1.54) is 6.92 Å². The van der Waals surface area contributed by atoms with Crippen LogP contribution in [-0.2, 0) is 4.74 Å². The monoisotopic (exact) mass is 226 g/mol. The molecule has 1 aromatic carbocycles. The largest absolute Gasteiger partial charge is 0.486 e. The highest BCUT2D eigenvalue weighted by Gasteiger charge is 2.20. The van der Waals surface area contributed by atoms with Gasteiger partial charge in [-0.2, -0.15) is 0 Å². The number of rotatable bonds is 3. The smallest absolute Gasteiger partial charge is 0.161 e. The number of Topliss-reactive ketones (excluding diaryl/α,β-unsaturated/α-hetero) is 1. The Morgan fingerprint density at radius 3 is 2.73 bits per heavy atom. The third kappa shape index (κ3) is 2.30. The normalized spacial score (nSPS) is 15.9. The Bertz CT molecular complexity index is 385. The quantitative estimate of drug-likeness (QED) is 0.742. The van der Waals surface area contributed by atoms with Crippen LogP contribution in [0.5, 0.6) is 5.75 Å². The number of hydrogen-bond donors (Lipinski definition) is 0. The molecule has 0 N–H and O–H groups in total. The average molecular weight is 227 g/mol. The van der Waals surface area contributed by atoms with E-state index >= 15 is 0 Å². The van der Waals surface area contributed by atoms with Gasteiger partial charge in [0.25, 0.3) is 0 Å². The lowest BCUT2D eigenvalue weighted by Gasteiger charge is -2.26. The van der Waals surface area contributed by atoms with Crippen LogP contribution in [-0.4, -0.2) is 25.1 Å². The molecule has 0 radical (unpaired) electrons. The fourth-order valence-electron chi connectivity index (χ4n) is 1.33. The standard InChI is InChI=1S/C11H11ClO3/c1-7(13)10-3-2-8(4-11(10)12)15-9-5-14-6-9/h2-4,9H,5-6H2,1H3. The van der Waals surface area contributed by atoms with E-state index in [0.29, 0.717) is 29.5 Å². The molecule has 0 saturated carbocycles. The SMILES string of the molecule is CC(=O)c1ccc(OC2COC2)cc1Cl. The van der Waals surface area contributed by atoms with Gasteiger partial charge in [-0.05, 0) is 25.1 Å². The number of benzene rings is 1. The Hall–Kier alpha value is -1.06. The van der Waals surface area contributed by atoms with E-state index in [0.717, 1.165) is 0 Å². The van der Waals surface area contributed by atoms with Gasteiger partial charge < -0.3 is 9.47 Å². The minimum atomic E-state index is -0.0430. The fraction of sp³-hybridized carbons (Fsp3) is 0.364. The minimum absolute atomic E-state index is 0.0430. The molecule has 0 amide bonds. The molecule has 1 saturated heterocycles. The number of carbonyl (C=O) groups is 1. The van der Waals surface area contributed by atoms with Gasteiger partial charge in [-0.3, -0.25) is 4.79 Å². The van der Waals surface area contributed by atoms with Crippen LogP contribution in [0.1, 0.15) is 17.3 Å². The molecule has 2 rings (SSSR count). The summed E-state index contributed by atoms with van der Waals surface area (Å²) < 4.78 is 10.5. The Kier molecular flexibility index (Phi) is 2.93. The first-order valence-electron chi connectivity index (χ1n) is 4.71. The van der Waals surface area contributed by atoms with Crippen molar-refractivity contribution in [2.24, 2.45) is 0 Å². The van der Waals surface area contributed by atoms with Gasteiger partial charge in [-0.1, -0.05) is 11.6 Å². The summed E-state index contributed by atoms with van der Waals surface area (Å²) in [5.41, 5.74) is 0.522. The van der Waals surface area contributed by atoms with Crippen molar-refractivity contribution >= 4 is 17.4 Å². The van der Waals surface area contributed by atoms with Gasteiger partial charge in [0.05, 0.1) is 18.2 Å². The second-order valence-corrected chi connectivity index (χ2v) is 3.88. The van der Waals surface area contributed by atoms with Crippen molar-refractivity contribution < 1.29 is 14.3 Å². The fourth-order valence-corrected chi connectivity index (χ4v) is 1.63. The topological polar surface area (TPSA) is 35.5 Å². The summed E-state index contributed by atoms with van der Waals surface area (Å²) in [7, 11) is 0. The molecular formula is C11H11ClO3. The summed E-state index contributed by atoms with van der Waals surface area (Å²) in [5.74, 6) is 0.636. The van der Waals surface area contributed by atoms with Crippen molar-refractivity contribution in [3.8, 4) is 5.75 Å². The van der Waals surface area contributed by atoms with Crippen molar-refractivity contribution in [3.05, 3.63) is 28.8 Å². The highest BCUT2D eigenvalue weighted by molar-refractivity contribution is 6.34. The lowest BCUT2D eigenvalue weighted by Crippen LogP contribution is -2.38. The van der Waals surface area contributed by atoms with Crippen LogP contribution in [0, 0.1) is 0 Å². The van der Waals surface area contributed by atoms with Gasteiger partial charge >= 0.3 is 0 Å². The summed E-state index contributed by atoms with van der Waals surface area (Å²) in [4.78, 5) is 11.1. The Labute approximate surface area is 92.9 Å². The first kappa shape index (κ1) is 10.5. The predicted octanol–water partition coefficient (Wildman–Crippen LogP) is 2.32. The van der Waals surface area contributed by atoms with Gasteiger partial charge in [0.1, 0.15) is 11.9 Å². The number of ether oxygens (including phenoxy) is 2. The van der Waals surface area contributed by atoms with E-state index in [9.17, 15) is 4.79 Å². The molecule has 0 aromatic heterocycles. The average Bonchev–Trinajstić information content (AvgIpc) is 2.11. The number of carbonyl (C=O) groups excluding carboxylic acids is 1. The van der Waals surface area contributed by atoms with Gasteiger partial charge in [0.15, 0.2) is 5.78 Å². The zero-order chi connectivity index (χ0) is 10.8. The number of halogens is 1. The number of ketones is 1. The Morgan fingerprint density at radius 1 is 1.53 bits per heavy atom. The van der Waals surface area contributed by atoms with Gasteiger partial charge in [-0.25, -0.2) is 0 Å².